The van der Waals surface area contributed by atoms with Crippen molar-refractivity contribution in [3.8, 4) is 11.3 Å². The first-order valence-corrected chi connectivity index (χ1v) is 7.69. The Bertz CT molecular complexity index is 858. The van der Waals surface area contributed by atoms with Crippen LogP contribution in [0.4, 0.5) is 5.69 Å². The molecular formula is C18H20N4O2. The Kier molecular flexibility index (Phi) is 3.97. The highest BCUT2D eigenvalue weighted by molar-refractivity contribution is 6.03. The van der Waals surface area contributed by atoms with Crippen LogP contribution in [0.25, 0.3) is 11.3 Å². The van der Waals surface area contributed by atoms with E-state index in [-0.39, 0.29) is 11.3 Å². The van der Waals surface area contributed by atoms with E-state index < -0.39 is 0 Å². The van der Waals surface area contributed by atoms with Gasteiger partial charge in [0.2, 0.25) is 0 Å². The molecule has 24 heavy (non-hydrogen) atoms. The van der Waals surface area contributed by atoms with E-state index in [2.05, 4.69) is 36.2 Å². The van der Waals surface area contributed by atoms with Gasteiger partial charge in [0.05, 0.1) is 11.9 Å². The molecule has 6 heteroatoms. The number of aryl methyl sites for hydroxylation is 1. The molecule has 0 spiro atoms. The van der Waals surface area contributed by atoms with Crippen LogP contribution in [-0.2, 0) is 12.5 Å². The van der Waals surface area contributed by atoms with E-state index in [4.69, 9.17) is 4.42 Å². The van der Waals surface area contributed by atoms with Gasteiger partial charge in [-0.3, -0.25) is 9.48 Å². The topological polar surface area (TPSA) is 73.0 Å². The highest BCUT2D eigenvalue weighted by Crippen LogP contribution is 2.24. The lowest BCUT2D eigenvalue weighted by molar-refractivity contribution is 0.101. The number of nitrogens with zero attached hydrogens (tertiary/aromatic N) is 3. The summed E-state index contributed by atoms with van der Waals surface area (Å²) in [5.41, 5.74) is 2.83. The summed E-state index contributed by atoms with van der Waals surface area (Å²) in [5.74, 6) is 0.455. The molecule has 0 atom stereocenters. The summed E-state index contributed by atoms with van der Waals surface area (Å²) in [6.07, 6.45) is 3.02. The molecule has 3 rings (SSSR count). The molecule has 0 saturated carbocycles. The number of hydrogen-bond acceptors (Lipinski definition) is 4. The minimum Gasteiger partial charge on any atom is -0.444 e. The molecule has 0 aliphatic carbocycles. The third kappa shape index (κ3) is 3.22. The molecule has 1 N–H and O–H groups in total. The zero-order valence-electron chi connectivity index (χ0n) is 14.2. The van der Waals surface area contributed by atoms with Gasteiger partial charge in [-0.2, -0.15) is 5.10 Å². The van der Waals surface area contributed by atoms with Crippen molar-refractivity contribution in [1.29, 1.82) is 0 Å². The maximum Gasteiger partial charge on any atom is 0.273 e. The Labute approximate surface area is 140 Å². The maximum atomic E-state index is 12.6. The van der Waals surface area contributed by atoms with Crippen LogP contribution >= 0.6 is 0 Å². The molecule has 0 radical (unpaired) electrons. The van der Waals surface area contributed by atoms with Crippen LogP contribution in [0, 0.1) is 0 Å². The molecule has 0 bridgehead atoms. The van der Waals surface area contributed by atoms with Gasteiger partial charge >= 0.3 is 0 Å². The summed E-state index contributed by atoms with van der Waals surface area (Å²) in [6, 6.07) is 9.27. The Morgan fingerprint density at radius 1 is 1.25 bits per heavy atom. The summed E-state index contributed by atoms with van der Waals surface area (Å²) in [7, 11) is 1.77. The molecule has 2 aromatic heterocycles. The van der Waals surface area contributed by atoms with E-state index in [9.17, 15) is 4.79 Å². The zero-order valence-corrected chi connectivity index (χ0v) is 14.2. The molecule has 3 aromatic rings. The third-order valence-electron chi connectivity index (χ3n) is 3.72. The second-order valence-electron chi connectivity index (χ2n) is 6.69. The highest BCUT2D eigenvalue weighted by Gasteiger charge is 2.21. The van der Waals surface area contributed by atoms with E-state index in [1.54, 1.807) is 17.9 Å². The van der Waals surface area contributed by atoms with Gasteiger partial charge in [0.15, 0.2) is 12.2 Å². The number of nitrogens with one attached hydrogen (secondary N) is 1. The quantitative estimate of drug-likeness (QED) is 0.798. The minimum absolute atomic E-state index is 0.109. The predicted octanol–water partition coefficient (Wildman–Crippen LogP) is 3.62. The van der Waals surface area contributed by atoms with Gasteiger partial charge in [-0.25, -0.2) is 4.98 Å². The van der Waals surface area contributed by atoms with Crippen LogP contribution < -0.4 is 5.32 Å². The first-order chi connectivity index (χ1) is 11.3. The molecule has 0 aliphatic rings. The average Bonchev–Trinajstić information content (AvgIpc) is 3.16. The minimum atomic E-state index is -0.199. The van der Waals surface area contributed by atoms with Gasteiger partial charge < -0.3 is 9.73 Å². The van der Waals surface area contributed by atoms with Gasteiger partial charge in [-0.15, -0.1) is 0 Å². The zero-order chi connectivity index (χ0) is 17.3. The molecule has 124 valence electrons. The Morgan fingerprint density at radius 2 is 2.04 bits per heavy atom. The molecular weight excluding hydrogens is 304 g/mol. The lowest BCUT2D eigenvalue weighted by atomic mass is 9.92. The van der Waals surface area contributed by atoms with Crippen molar-refractivity contribution < 1.29 is 9.21 Å². The number of hydrogen-bond donors (Lipinski definition) is 1. The van der Waals surface area contributed by atoms with Gasteiger partial charge in [0, 0.05) is 23.7 Å². The van der Waals surface area contributed by atoms with Crippen molar-refractivity contribution >= 4 is 11.6 Å². The summed E-state index contributed by atoms with van der Waals surface area (Å²) in [6.45, 7) is 6.20. The van der Waals surface area contributed by atoms with Crippen molar-refractivity contribution in [2.45, 2.75) is 26.2 Å². The monoisotopic (exact) mass is 324 g/mol. The third-order valence-corrected chi connectivity index (χ3v) is 3.72. The SMILES string of the molecule is Cn1nc(C(C)(C)C)cc1C(=O)Nc1cccc(-c2cnco2)c1. The maximum absolute atomic E-state index is 12.6. The predicted molar refractivity (Wildman–Crippen MR) is 91.8 cm³/mol. The van der Waals surface area contributed by atoms with E-state index >= 15 is 0 Å². The molecule has 2 heterocycles. The average molecular weight is 324 g/mol. The normalized spacial score (nSPS) is 11.5. The number of aromatic nitrogens is 3. The molecule has 1 aromatic carbocycles. The molecule has 0 unspecified atom stereocenters. The number of oxazole rings is 1. The fraction of sp³-hybridized carbons (Fsp3) is 0.278. The van der Waals surface area contributed by atoms with Crippen LogP contribution in [-0.4, -0.2) is 20.7 Å². The fourth-order valence-corrected chi connectivity index (χ4v) is 2.35. The van der Waals surface area contributed by atoms with Crippen LogP contribution in [0.1, 0.15) is 37.0 Å². The fourth-order valence-electron chi connectivity index (χ4n) is 2.35. The lowest BCUT2D eigenvalue weighted by Crippen LogP contribution is -2.16. The van der Waals surface area contributed by atoms with Crippen LogP contribution in [0.3, 0.4) is 0 Å². The van der Waals surface area contributed by atoms with Crippen LogP contribution in [0.15, 0.2) is 47.3 Å². The molecule has 1 amide bonds. The first-order valence-electron chi connectivity index (χ1n) is 7.69. The van der Waals surface area contributed by atoms with Gasteiger partial charge in [0.1, 0.15) is 5.69 Å². The Morgan fingerprint density at radius 3 is 2.67 bits per heavy atom. The number of anilines is 1. The first kappa shape index (κ1) is 16.0. The van der Waals surface area contributed by atoms with Gasteiger partial charge in [-0.1, -0.05) is 32.9 Å². The van der Waals surface area contributed by atoms with Crippen molar-refractivity contribution in [3.63, 3.8) is 0 Å². The van der Waals surface area contributed by atoms with E-state index in [1.807, 2.05) is 30.3 Å². The molecule has 0 saturated heterocycles. The highest BCUT2D eigenvalue weighted by atomic mass is 16.3. The Balaban J connectivity index is 1.83. The molecule has 6 nitrogen and oxygen atoms in total. The standard InChI is InChI=1S/C18H20N4O2/c1-18(2,3)16-9-14(22(4)21-16)17(23)20-13-7-5-6-12(8-13)15-10-19-11-24-15/h5-11H,1-4H3,(H,20,23). The van der Waals surface area contributed by atoms with Crippen molar-refractivity contribution in [3.05, 3.63) is 54.3 Å². The summed E-state index contributed by atoms with van der Waals surface area (Å²) >= 11 is 0. The number of benzene rings is 1. The number of carbonyl (C=O) groups excluding carboxylic acids is 1. The number of carbonyl (C=O) groups is 1. The lowest BCUT2D eigenvalue weighted by Gasteiger charge is -2.13. The van der Waals surface area contributed by atoms with E-state index in [0.29, 0.717) is 17.1 Å². The summed E-state index contributed by atoms with van der Waals surface area (Å²) < 4.78 is 6.89. The molecule has 0 fully saturated rings. The van der Waals surface area contributed by atoms with Crippen molar-refractivity contribution in [2.24, 2.45) is 7.05 Å². The number of rotatable bonds is 3. The van der Waals surface area contributed by atoms with Crippen LogP contribution in [0.2, 0.25) is 0 Å². The van der Waals surface area contributed by atoms with Gasteiger partial charge in [0.25, 0.3) is 5.91 Å². The van der Waals surface area contributed by atoms with Crippen molar-refractivity contribution in [1.82, 2.24) is 14.8 Å². The number of amides is 1. The summed E-state index contributed by atoms with van der Waals surface area (Å²) in [4.78, 5) is 16.5. The van der Waals surface area contributed by atoms with Gasteiger partial charge in [-0.05, 0) is 18.2 Å². The molecule has 0 aliphatic heterocycles. The van der Waals surface area contributed by atoms with E-state index in [1.165, 1.54) is 6.39 Å². The second kappa shape index (κ2) is 5.96. The Hall–Kier alpha value is -2.89. The smallest absolute Gasteiger partial charge is 0.273 e. The van der Waals surface area contributed by atoms with E-state index in [0.717, 1.165) is 11.3 Å². The summed E-state index contributed by atoms with van der Waals surface area (Å²) in [5, 5.41) is 7.34. The second-order valence-corrected chi connectivity index (χ2v) is 6.69. The van der Waals surface area contributed by atoms with Crippen molar-refractivity contribution in [2.75, 3.05) is 5.32 Å². The van der Waals surface area contributed by atoms with Crippen LogP contribution in [0.5, 0.6) is 0 Å². The largest absolute Gasteiger partial charge is 0.444 e.